The van der Waals surface area contributed by atoms with E-state index in [0.29, 0.717) is 31.5 Å². The monoisotopic (exact) mass is 372 g/mol. The van der Waals surface area contributed by atoms with Crippen molar-refractivity contribution >= 4 is 27.6 Å². The van der Waals surface area contributed by atoms with Crippen LogP contribution in [0.3, 0.4) is 0 Å². The number of amides is 1. The number of carboxylic acids is 1. The van der Waals surface area contributed by atoms with Gasteiger partial charge in [-0.2, -0.15) is 9.40 Å². The van der Waals surface area contributed by atoms with Gasteiger partial charge in [0, 0.05) is 12.7 Å². The van der Waals surface area contributed by atoms with E-state index in [9.17, 15) is 23.1 Å². The number of aliphatic carboxylic acids is 1. The molecule has 1 aromatic rings. The molecule has 0 spiro atoms. The van der Waals surface area contributed by atoms with Crippen LogP contribution in [-0.4, -0.2) is 57.8 Å². The van der Waals surface area contributed by atoms with Gasteiger partial charge in [0.1, 0.15) is 6.04 Å². The Morgan fingerprint density at radius 1 is 1.44 bits per heavy atom. The first-order valence-electron chi connectivity index (χ1n) is 8.18. The van der Waals surface area contributed by atoms with E-state index in [1.165, 1.54) is 35.2 Å². The third-order valence-corrected chi connectivity index (χ3v) is 6.35. The molecule has 9 nitrogen and oxygen atoms in total. The fourth-order valence-electron chi connectivity index (χ4n) is 2.73. The van der Waals surface area contributed by atoms with Gasteiger partial charge >= 0.3 is 5.97 Å². The second-order valence-electron chi connectivity index (χ2n) is 6.61. The van der Waals surface area contributed by atoms with Crippen molar-refractivity contribution in [3.63, 3.8) is 0 Å². The molecular weight excluding hydrogens is 348 g/mol. The van der Waals surface area contributed by atoms with E-state index in [0.717, 1.165) is 0 Å². The van der Waals surface area contributed by atoms with Crippen LogP contribution >= 0.6 is 0 Å². The van der Waals surface area contributed by atoms with Crippen molar-refractivity contribution < 1.29 is 23.1 Å². The smallest absolute Gasteiger partial charge is 0.331 e. The highest BCUT2D eigenvalue weighted by Crippen LogP contribution is 2.24. The Kier molecular flexibility index (Phi) is 5.52. The predicted molar refractivity (Wildman–Crippen MR) is 91.6 cm³/mol. The number of rotatable bonds is 7. The summed E-state index contributed by atoms with van der Waals surface area (Å²) in [4.78, 5) is 23.8. The van der Waals surface area contributed by atoms with Gasteiger partial charge in [-0.05, 0) is 33.1 Å². The van der Waals surface area contributed by atoms with Gasteiger partial charge in [-0.15, -0.1) is 0 Å². The lowest BCUT2D eigenvalue weighted by atomic mass is 10.1. The molecule has 1 aliphatic heterocycles. The van der Waals surface area contributed by atoms with Crippen LogP contribution in [0.2, 0.25) is 0 Å². The van der Waals surface area contributed by atoms with E-state index < -0.39 is 33.5 Å². The summed E-state index contributed by atoms with van der Waals surface area (Å²) in [5.41, 5.74) is -0.925. The van der Waals surface area contributed by atoms with Crippen LogP contribution in [0.5, 0.6) is 0 Å². The first-order valence-corrected chi connectivity index (χ1v) is 9.79. The number of carbonyl (C=O) groups is 2. The third kappa shape index (κ3) is 4.01. The molecule has 140 valence electrons. The summed E-state index contributed by atoms with van der Waals surface area (Å²) in [5.74, 6) is -1.47. The van der Waals surface area contributed by atoms with Gasteiger partial charge in [0.05, 0.1) is 17.6 Å². The van der Waals surface area contributed by atoms with Crippen molar-refractivity contribution in [3.05, 3.63) is 12.4 Å². The molecule has 0 bridgehead atoms. The minimum Gasteiger partial charge on any atom is -0.479 e. The Morgan fingerprint density at radius 2 is 2.12 bits per heavy atom. The molecule has 2 N–H and O–H groups in total. The van der Waals surface area contributed by atoms with Gasteiger partial charge in [-0.3, -0.25) is 9.48 Å². The van der Waals surface area contributed by atoms with Crippen LogP contribution in [0, 0.1) is 0 Å². The molecule has 25 heavy (non-hydrogen) atoms. The predicted octanol–water partition coefficient (Wildman–Crippen LogP) is 0.846. The summed E-state index contributed by atoms with van der Waals surface area (Å²) in [6.45, 7) is 5.10. The maximum Gasteiger partial charge on any atom is 0.331 e. The zero-order valence-electron chi connectivity index (χ0n) is 14.6. The molecule has 0 saturated carbocycles. The van der Waals surface area contributed by atoms with E-state index in [4.69, 9.17) is 0 Å². The minimum atomic E-state index is -3.45. The Labute approximate surface area is 147 Å². The van der Waals surface area contributed by atoms with Gasteiger partial charge in [0.25, 0.3) is 0 Å². The molecule has 1 aromatic heterocycles. The summed E-state index contributed by atoms with van der Waals surface area (Å²) < 4.78 is 27.1. The number of sulfonamides is 1. The summed E-state index contributed by atoms with van der Waals surface area (Å²) in [5, 5.41) is 15.8. The summed E-state index contributed by atoms with van der Waals surface area (Å²) in [7, 11) is -3.45. The lowest BCUT2D eigenvalue weighted by Crippen LogP contribution is -2.44. The number of aromatic nitrogens is 2. The topological polar surface area (TPSA) is 122 Å². The molecular formula is C15H24N4O5S. The lowest BCUT2D eigenvalue weighted by Gasteiger charge is -2.23. The van der Waals surface area contributed by atoms with E-state index in [-0.39, 0.29) is 5.75 Å². The molecule has 2 rings (SSSR count). The molecule has 1 aliphatic rings. The SMILES string of the molecule is CCCS(=O)(=O)N1CCCC1C(=O)Nc1cnn(C(C)(C)C(=O)O)c1. The molecule has 1 saturated heterocycles. The quantitative estimate of drug-likeness (QED) is 0.732. The van der Waals surface area contributed by atoms with Crippen LogP contribution in [0.25, 0.3) is 0 Å². The molecule has 0 aliphatic carbocycles. The second kappa shape index (κ2) is 7.12. The maximum atomic E-state index is 12.5. The molecule has 1 fully saturated rings. The number of hydrogen-bond donors (Lipinski definition) is 2. The molecule has 2 heterocycles. The summed E-state index contributed by atoms with van der Waals surface area (Å²) in [6.07, 6.45) is 4.36. The van der Waals surface area contributed by atoms with Crippen LogP contribution in [-0.2, 0) is 25.2 Å². The van der Waals surface area contributed by atoms with Gasteiger partial charge in [0.2, 0.25) is 15.9 Å². The zero-order valence-corrected chi connectivity index (χ0v) is 15.4. The zero-order chi connectivity index (χ0) is 18.8. The molecule has 0 aromatic carbocycles. The van der Waals surface area contributed by atoms with Crippen LogP contribution in [0.4, 0.5) is 5.69 Å². The molecule has 1 unspecified atom stereocenters. The Morgan fingerprint density at radius 3 is 2.72 bits per heavy atom. The third-order valence-electron chi connectivity index (χ3n) is 4.27. The van der Waals surface area contributed by atoms with Crippen molar-refractivity contribution in [1.82, 2.24) is 14.1 Å². The van der Waals surface area contributed by atoms with Crippen molar-refractivity contribution in [2.45, 2.75) is 51.6 Å². The Balaban J connectivity index is 2.12. The number of carboxylic acid groups (broad SMARTS) is 1. The normalized spacial score (nSPS) is 19.1. The number of anilines is 1. The summed E-state index contributed by atoms with van der Waals surface area (Å²) in [6, 6.07) is -0.743. The van der Waals surface area contributed by atoms with Crippen molar-refractivity contribution in [2.24, 2.45) is 0 Å². The van der Waals surface area contributed by atoms with Gasteiger partial charge in [0.15, 0.2) is 5.54 Å². The molecule has 1 amide bonds. The summed E-state index contributed by atoms with van der Waals surface area (Å²) >= 11 is 0. The first kappa shape index (κ1) is 19.4. The fraction of sp³-hybridized carbons (Fsp3) is 0.667. The van der Waals surface area contributed by atoms with Crippen LogP contribution < -0.4 is 5.32 Å². The van der Waals surface area contributed by atoms with E-state index in [2.05, 4.69) is 10.4 Å². The number of hydrogen-bond acceptors (Lipinski definition) is 5. The van der Waals surface area contributed by atoms with Gasteiger partial charge < -0.3 is 10.4 Å². The van der Waals surface area contributed by atoms with Crippen molar-refractivity contribution in [2.75, 3.05) is 17.6 Å². The fourth-order valence-corrected chi connectivity index (χ4v) is 4.47. The van der Waals surface area contributed by atoms with Crippen molar-refractivity contribution in [1.29, 1.82) is 0 Å². The molecule has 1 atom stereocenters. The maximum absolute atomic E-state index is 12.5. The highest BCUT2D eigenvalue weighted by molar-refractivity contribution is 7.89. The van der Waals surface area contributed by atoms with E-state index >= 15 is 0 Å². The van der Waals surface area contributed by atoms with Crippen molar-refractivity contribution in [3.8, 4) is 0 Å². The highest BCUT2D eigenvalue weighted by Gasteiger charge is 2.38. The Hall–Kier alpha value is -1.94. The second-order valence-corrected chi connectivity index (χ2v) is 8.65. The average Bonchev–Trinajstić information content (AvgIpc) is 3.16. The van der Waals surface area contributed by atoms with E-state index in [1.807, 2.05) is 0 Å². The van der Waals surface area contributed by atoms with Crippen LogP contribution in [0.1, 0.15) is 40.0 Å². The van der Waals surface area contributed by atoms with Gasteiger partial charge in [-0.25, -0.2) is 13.2 Å². The standard InChI is InChI=1S/C15H24N4O5S/c1-4-8-25(23,24)18-7-5-6-12(18)13(20)17-11-9-16-19(10-11)15(2,3)14(21)22/h9-10,12H,4-8H2,1-3H3,(H,17,20)(H,21,22). The number of nitrogens with one attached hydrogen (secondary N) is 1. The highest BCUT2D eigenvalue weighted by atomic mass is 32.2. The largest absolute Gasteiger partial charge is 0.479 e. The molecule has 0 radical (unpaired) electrons. The van der Waals surface area contributed by atoms with E-state index in [1.54, 1.807) is 6.92 Å². The average molecular weight is 372 g/mol. The number of nitrogens with zero attached hydrogens (tertiary/aromatic N) is 3. The number of carbonyl (C=O) groups excluding carboxylic acids is 1. The van der Waals surface area contributed by atoms with Gasteiger partial charge in [-0.1, -0.05) is 6.92 Å². The molecule has 10 heteroatoms. The Bertz CT molecular complexity index is 756. The minimum absolute atomic E-state index is 0.0154. The first-order chi connectivity index (χ1) is 11.6. The lowest BCUT2D eigenvalue weighted by molar-refractivity contribution is -0.146. The van der Waals surface area contributed by atoms with Crippen LogP contribution in [0.15, 0.2) is 12.4 Å².